The van der Waals surface area contributed by atoms with Gasteiger partial charge in [-0.15, -0.1) is 0 Å². The summed E-state index contributed by atoms with van der Waals surface area (Å²) in [4.78, 5) is 19.9. The van der Waals surface area contributed by atoms with Crippen LogP contribution in [-0.4, -0.2) is 19.9 Å². The summed E-state index contributed by atoms with van der Waals surface area (Å²) >= 11 is 0. The molecular formula is C71H62ClN4P. The van der Waals surface area contributed by atoms with Gasteiger partial charge in [-0.05, 0) is 157 Å². The van der Waals surface area contributed by atoms with Gasteiger partial charge in [-0.2, -0.15) is 0 Å². The molecule has 2 aliphatic rings. The minimum Gasteiger partial charge on any atom is -1.00 e. The van der Waals surface area contributed by atoms with Crippen LogP contribution in [0.3, 0.4) is 0 Å². The average Bonchev–Trinajstić information content (AvgIpc) is 4.33. The largest absolute Gasteiger partial charge is 1.00 e. The Balaban J connectivity index is 0.00000631. The molecule has 7 aromatic carbocycles. The fourth-order valence-electron chi connectivity index (χ4n) is 12.2. The predicted octanol–water partition coefficient (Wildman–Crippen LogP) is 14.3. The molecule has 12 rings (SSSR count). The first-order valence-electron chi connectivity index (χ1n) is 26.5. The van der Waals surface area contributed by atoms with Crippen LogP contribution in [0.15, 0.2) is 182 Å². The number of hydrogen-bond acceptors (Lipinski definition) is 2. The molecule has 0 saturated carbocycles. The topological polar surface area (TPSA) is 57.4 Å². The Morgan fingerprint density at radius 1 is 0.325 bits per heavy atom. The molecule has 10 aromatic rings. The fourth-order valence-corrected chi connectivity index (χ4v) is 16.4. The number of hydrogen-bond donors (Lipinski definition) is 2. The van der Waals surface area contributed by atoms with Crippen molar-refractivity contribution in [2.24, 2.45) is 0 Å². The normalized spacial score (nSPS) is 12.0. The van der Waals surface area contributed by atoms with E-state index >= 15 is 0 Å². The van der Waals surface area contributed by atoms with Crippen LogP contribution in [-0.2, 0) is 6.16 Å². The number of rotatable bonds is 9. The molecule has 8 bridgehead atoms. The van der Waals surface area contributed by atoms with Gasteiger partial charge in [0.05, 0.1) is 28.3 Å². The van der Waals surface area contributed by atoms with Crippen LogP contribution in [0.1, 0.15) is 72.8 Å². The highest BCUT2D eigenvalue weighted by Crippen LogP contribution is 2.59. The molecule has 77 heavy (non-hydrogen) atoms. The van der Waals surface area contributed by atoms with Crippen LogP contribution in [0.2, 0.25) is 0 Å². The Morgan fingerprint density at radius 3 is 0.961 bits per heavy atom. The lowest BCUT2D eigenvalue weighted by atomic mass is 9.98. The van der Waals surface area contributed by atoms with Crippen molar-refractivity contribution < 1.29 is 12.4 Å². The number of fused-ring (bicyclic) bond motifs is 8. The molecule has 4 nitrogen and oxygen atoms in total. The molecule has 0 fully saturated rings. The average molecular weight is 1040 g/mol. The van der Waals surface area contributed by atoms with Gasteiger partial charge in [0.2, 0.25) is 0 Å². The highest BCUT2D eigenvalue weighted by atomic mass is 35.5. The lowest BCUT2D eigenvalue weighted by molar-refractivity contribution is -0.0000153. The number of H-pyrrole nitrogens is 2. The molecule has 0 aliphatic carbocycles. The molecule has 0 atom stereocenters. The smallest absolute Gasteiger partial charge is 0.116 e. The SMILES string of the molecule is Cc1cc(C)cc(-c2c3nc(c(-c4cc(C)cc(C)c4)c4cc(C[P+](c5ccccc5)(c5ccccc5)c5ccccc5)c([nH]4)c(-c4cc(C)cc(C)c4)c4nc(c(-c5cc(C)cc(C)c5)c5ccc2[nH]5)C=C4)C=C3)c1.[Cl-]. The van der Waals surface area contributed by atoms with Gasteiger partial charge in [0.15, 0.2) is 0 Å². The van der Waals surface area contributed by atoms with Crippen molar-refractivity contribution >= 4 is 69.5 Å². The van der Waals surface area contributed by atoms with Gasteiger partial charge in [0.1, 0.15) is 29.3 Å². The molecule has 5 heterocycles. The Labute approximate surface area is 460 Å². The van der Waals surface area contributed by atoms with Gasteiger partial charge in [0.25, 0.3) is 0 Å². The van der Waals surface area contributed by atoms with Crippen LogP contribution in [0, 0.1) is 55.4 Å². The maximum Gasteiger partial charge on any atom is 0.116 e. The van der Waals surface area contributed by atoms with Crippen molar-refractivity contribution in [3.8, 4) is 44.5 Å². The van der Waals surface area contributed by atoms with Gasteiger partial charge in [0, 0.05) is 44.4 Å². The van der Waals surface area contributed by atoms with E-state index in [-0.39, 0.29) is 12.4 Å². The first-order chi connectivity index (χ1) is 36.9. The van der Waals surface area contributed by atoms with E-state index in [1.807, 2.05) is 0 Å². The minimum atomic E-state index is -2.44. The lowest BCUT2D eigenvalue weighted by Crippen LogP contribution is -3.00. The van der Waals surface area contributed by atoms with Gasteiger partial charge >= 0.3 is 0 Å². The summed E-state index contributed by atoms with van der Waals surface area (Å²) in [7, 11) is -2.44. The quantitative estimate of drug-likeness (QED) is 0.142. The summed E-state index contributed by atoms with van der Waals surface area (Å²) in [5.74, 6) is 0. The zero-order chi connectivity index (χ0) is 52.2. The molecule has 3 aromatic heterocycles. The van der Waals surface area contributed by atoms with E-state index in [0.29, 0.717) is 0 Å². The molecule has 0 unspecified atom stereocenters. The number of halogens is 1. The highest BCUT2D eigenvalue weighted by Gasteiger charge is 2.46. The van der Waals surface area contributed by atoms with Gasteiger partial charge in [-0.1, -0.05) is 172 Å². The van der Waals surface area contributed by atoms with Crippen molar-refractivity contribution in [2.75, 3.05) is 0 Å². The van der Waals surface area contributed by atoms with E-state index < -0.39 is 7.26 Å². The molecule has 2 aliphatic heterocycles. The summed E-state index contributed by atoms with van der Waals surface area (Å²) in [6.45, 7) is 17.5. The first kappa shape index (κ1) is 51.0. The standard InChI is InChI=1S/C71H62N4P.ClH/c1-44-30-45(2)35-52(34-44)67-60-24-25-61(72-60)68(53-36-46(3)31-47(4)37-53)63-28-29-65(74-63)70(55-40-50(7)33-51(8)41-55)71-56(42-66(75-71)69(64-27-26-62(67)73-64)54-38-48(5)32-49(6)39-54)43-76(57-18-12-9-13-19-57,58-20-14-10-15-21-58)59-22-16-11-17-23-59;/h9-42,72,75H,43H2,1-8H3;1H/q+1;/p-1. The van der Waals surface area contributed by atoms with Crippen LogP contribution in [0.4, 0.5) is 0 Å². The molecule has 378 valence electrons. The molecule has 2 N–H and O–H groups in total. The summed E-state index contributed by atoms with van der Waals surface area (Å²) in [6.07, 6.45) is 9.67. The molecular weight excluding hydrogens is 975 g/mol. The van der Waals surface area contributed by atoms with E-state index in [0.717, 1.165) is 95.5 Å². The molecule has 0 saturated heterocycles. The van der Waals surface area contributed by atoms with E-state index in [4.69, 9.17) is 9.97 Å². The van der Waals surface area contributed by atoms with Crippen molar-refractivity contribution in [1.82, 2.24) is 19.9 Å². The lowest BCUT2D eigenvalue weighted by Gasteiger charge is -2.27. The van der Waals surface area contributed by atoms with Gasteiger partial charge < -0.3 is 22.4 Å². The van der Waals surface area contributed by atoms with Crippen molar-refractivity contribution in [3.63, 3.8) is 0 Å². The number of aromatic nitrogens is 4. The van der Waals surface area contributed by atoms with Gasteiger partial charge in [-0.3, -0.25) is 0 Å². The third-order valence-electron chi connectivity index (χ3n) is 15.0. The number of aromatic amines is 2. The molecule has 0 radical (unpaired) electrons. The zero-order valence-electron chi connectivity index (χ0n) is 45.1. The third-order valence-corrected chi connectivity index (χ3v) is 19.3. The van der Waals surface area contributed by atoms with E-state index in [9.17, 15) is 0 Å². The monoisotopic (exact) mass is 1040 g/mol. The Bertz CT molecular complexity index is 3990. The zero-order valence-corrected chi connectivity index (χ0v) is 46.7. The Kier molecular flexibility index (Phi) is 13.8. The third kappa shape index (κ3) is 9.74. The van der Waals surface area contributed by atoms with Crippen LogP contribution >= 0.6 is 7.26 Å². The van der Waals surface area contributed by atoms with Crippen LogP contribution in [0.5, 0.6) is 0 Å². The van der Waals surface area contributed by atoms with E-state index in [2.05, 4.69) is 272 Å². The fraction of sp³-hybridized carbons (Fsp3) is 0.127. The highest BCUT2D eigenvalue weighted by molar-refractivity contribution is 7.95. The second-order valence-corrected chi connectivity index (χ2v) is 24.8. The first-order valence-corrected chi connectivity index (χ1v) is 28.4. The second-order valence-electron chi connectivity index (χ2n) is 21.3. The molecule has 0 amide bonds. The summed E-state index contributed by atoms with van der Waals surface area (Å²) in [5, 5.41) is 3.98. The predicted molar refractivity (Wildman–Crippen MR) is 327 cm³/mol. The van der Waals surface area contributed by atoms with Crippen LogP contribution in [0.25, 0.3) is 90.9 Å². The number of nitrogens with one attached hydrogen (secondary N) is 2. The van der Waals surface area contributed by atoms with Gasteiger partial charge in [-0.25, -0.2) is 9.97 Å². The molecule has 0 spiro atoms. The number of aryl methyl sites for hydroxylation is 8. The Hall–Kier alpha value is -8.14. The number of nitrogens with zero attached hydrogens (tertiary/aromatic N) is 2. The summed E-state index contributed by atoms with van der Waals surface area (Å²) < 4.78 is 0. The van der Waals surface area contributed by atoms with E-state index in [1.165, 1.54) is 66.0 Å². The number of benzene rings is 7. The Morgan fingerprint density at radius 2 is 0.623 bits per heavy atom. The summed E-state index contributed by atoms with van der Waals surface area (Å²) in [5.41, 5.74) is 27.1. The molecule has 6 heteroatoms. The minimum absolute atomic E-state index is 0. The second kappa shape index (κ2) is 20.8. The summed E-state index contributed by atoms with van der Waals surface area (Å²) in [6, 6.07) is 68.2. The van der Waals surface area contributed by atoms with Crippen molar-refractivity contribution in [1.29, 1.82) is 0 Å². The van der Waals surface area contributed by atoms with Crippen LogP contribution < -0.4 is 28.3 Å². The maximum atomic E-state index is 5.83. The maximum absolute atomic E-state index is 5.83. The van der Waals surface area contributed by atoms with Crippen molar-refractivity contribution in [3.05, 3.63) is 255 Å². The van der Waals surface area contributed by atoms with E-state index in [1.54, 1.807) is 0 Å². The van der Waals surface area contributed by atoms with Crippen molar-refractivity contribution in [2.45, 2.75) is 61.6 Å².